The first-order chi connectivity index (χ1) is 9.31. The van der Waals surface area contributed by atoms with Crippen LogP contribution < -0.4 is 10.5 Å². The highest BCUT2D eigenvalue weighted by Gasteiger charge is 2.40. The molecule has 0 aromatic heterocycles. The second kappa shape index (κ2) is 5.95. The van der Waals surface area contributed by atoms with Crippen molar-refractivity contribution in [2.45, 2.75) is 58.6 Å². The van der Waals surface area contributed by atoms with Crippen LogP contribution in [0.5, 0.6) is 5.75 Å². The number of hydrogen-bond acceptors (Lipinski definition) is 2. The summed E-state index contributed by atoms with van der Waals surface area (Å²) in [4.78, 5) is 0. The van der Waals surface area contributed by atoms with Crippen LogP contribution in [0.25, 0.3) is 0 Å². The molecule has 1 atom stereocenters. The van der Waals surface area contributed by atoms with Crippen LogP contribution in [0, 0.1) is 11.8 Å². The Morgan fingerprint density at radius 2 is 1.85 bits per heavy atom. The molecule has 1 aliphatic rings. The van der Waals surface area contributed by atoms with E-state index in [1.807, 2.05) is 18.2 Å². The zero-order valence-corrected chi connectivity index (χ0v) is 13.7. The smallest absolute Gasteiger partial charge is 0.125 e. The average molecular weight is 296 g/mol. The van der Waals surface area contributed by atoms with E-state index in [-0.39, 0.29) is 11.6 Å². The summed E-state index contributed by atoms with van der Waals surface area (Å²) in [6.07, 6.45) is 2.96. The lowest BCUT2D eigenvalue weighted by Gasteiger charge is -2.43. The molecule has 3 heteroatoms. The molecule has 20 heavy (non-hydrogen) atoms. The number of benzene rings is 1. The van der Waals surface area contributed by atoms with E-state index in [4.69, 9.17) is 22.1 Å². The fraction of sp³-hybridized carbons (Fsp3) is 0.647. The molecule has 2 rings (SSSR count). The minimum absolute atomic E-state index is 0.00921. The van der Waals surface area contributed by atoms with Crippen LogP contribution in [-0.4, -0.2) is 5.60 Å². The van der Waals surface area contributed by atoms with Crippen molar-refractivity contribution in [1.82, 2.24) is 0 Å². The number of nitrogens with two attached hydrogens (primary N) is 1. The summed E-state index contributed by atoms with van der Waals surface area (Å²) in [5.74, 6) is 2.10. The molecular formula is C17H26ClNO. The van der Waals surface area contributed by atoms with Gasteiger partial charge in [0.2, 0.25) is 0 Å². The molecule has 0 fully saturated rings. The zero-order valence-electron chi connectivity index (χ0n) is 12.9. The minimum atomic E-state index is -0.136. The van der Waals surface area contributed by atoms with Crippen molar-refractivity contribution in [3.63, 3.8) is 0 Å². The first kappa shape index (κ1) is 15.7. The Bertz CT molecular complexity index is 460. The van der Waals surface area contributed by atoms with Crippen LogP contribution in [0.2, 0.25) is 5.02 Å². The lowest BCUT2D eigenvalue weighted by Crippen LogP contribution is -2.45. The Hall–Kier alpha value is -0.730. The summed E-state index contributed by atoms with van der Waals surface area (Å²) < 4.78 is 6.43. The van der Waals surface area contributed by atoms with Gasteiger partial charge in [0.1, 0.15) is 11.4 Å². The third-order valence-electron chi connectivity index (χ3n) is 3.85. The summed E-state index contributed by atoms with van der Waals surface area (Å²) >= 11 is 6.07. The first-order valence-electron chi connectivity index (χ1n) is 7.55. The van der Waals surface area contributed by atoms with E-state index in [2.05, 4.69) is 27.7 Å². The van der Waals surface area contributed by atoms with E-state index in [0.29, 0.717) is 11.8 Å². The maximum atomic E-state index is 6.43. The molecular weight excluding hydrogens is 270 g/mol. The van der Waals surface area contributed by atoms with Gasteiger partial charge in [0.15, 0.2) is 0 Å². The van der Waals surface area contributed by atoms with Gasteiger partial charge in [-0.25, -0.2) is 0 Å². The molecule has 0 saturated carbocycles. The van der Waals surface area contributed by atoms with Gasteiger partial charge in [-0.2, -0.15) is 0 Å². The molecule has 1 aromatic carbocycles. The molecule has 0 spiro atoms. The predicted octanol–water partition coefficient (Wildman–Crippen LogP) is 4.95. The van der Waals surface area contributed by atoms with Crippen LogP contribution in [0.3, 0.4) is 0 Å². The van der Waals surface area contributed by atoms with Crippen LogP contribution in [0.1, 0.15) is 58.6 Å². The van der Waals surface area contributed by atoms with Gasteiger partial charge in [0, 0.05) is 23.0 Å². The third-order valence-corrected chi connectivity index (χ3v) is 4.09. The molecule has 112 valence electrons. The van der Waals surface area contributed by atoms with Crippen molar-refractivity contribution in [2.75, 3.05) is 0 Å². The van der Waals surface area contributed by atoms with Gasteiger partial charge in [-0.1, -0.05) is 39.3 Å². The predicted molar refractivity (Wildman–Crippen MR) is 85.3 cm³/mol. The number of ether oxygens (including phenoxy) is 1. The summed E-state index contributed by atoms with van der Waals surface area (Å²) in [6.45, 7) is 8.98. The van der Waals surface area contributed by atoms with Gasteiger partial charge < -0.3 is 10.5 Å². The van der Waals surface area contributed by atoms with Crippen molar-refractivity contribution < 1.29 is 4.74 Å². The summed E-state index contributed by atoms with van der Waals surface area (Å²) in [5, 5.41) is 0.725. The van der Waals surface area contributed by atoms with Crippen molar-refractivity contribution >= 4 is 11.6 Å². The lowest BCUT2D eigenvalue weighted by atomic mass is 9.77. The highest BCUT2D eigenvalue weighted by Crippen LogP contribution is 2.44. The maximum Gasteiger partial charge on any atom is 0.125 e. The highest BCUT2D eigenvalue weighted by atomic mass is 35.5. The summed E-state index contributed by atoms with van der Waals surface area (Å²) in [5.41, 5.74) is 7.31. The Morgan fingerprint density at radius 1 is 1.25 bits per heavy atom. The third kappa shape index (κ3) is 3.48. The average Bonchev–Trinajstić information content (AvgIpc) is 2.28. The topological polar surface area (TPSA) is 35.2 Å². The largest absolute Gasteiger partial charge is 0.487 e. The first-order valence-corrected chi connectivity index (χ1v) is 7.93. The van der Waals surface area contributed by atoms with Gasteiger partial charge in [-0.05, 0) is 42.9 Å². The van der Waals surface area contributed by atoms with Crippen LogP contribution in [0.15, 0.2) is 18.2 Å². The Kier molecular flexibility index (Phi) is 4.66. The molecule has 1 aliphatic heterocycles. The standard InChI is InChI=1S/C17H26ClNO/c1-11(2)8-17(9-12(3)4)10-15(19)14-7-13(18)5-6-16(14)20-17/h5-7,11-12,15H,8-10,19H2,1-4H3/t15-/m1/s1. The minimum Gasteiger partial charge on any atom is -0.487 e. The van der Waals surface area contributed by atoms with Crippen LogP contribution in [0.4, 0.5) is 0 Å². The van der Waals surface area contributed by atoms with Gasteiger partial charge in [-0.3, -0.25) is 0 Å². The molecule has 0 unspecified atom stereocenters. The number of fused-ring (bicyclic) bond motifs is 1. The van der Waals surface area contributed by atoms with Crippen LogP contribution in [-0.2, 0) is 0 Å². The van der Waals surface area contributed by atoms with E-state index >= 15 is 0 Å². The van der Waals surface area contributed by atoms with Crippen molar-refractivity contribution in [1.29, 1.82) is 0 Å². The van der Waals surface area contributed by atoms with Crippen molar-refractivity contribution in [3.05, 3.63) is 28.8 Å². The second-order valence-corrected chi connectivity index (χ2v) is 7.41. The molecule has 0 aliphatic carbocycles. The summed E-state index contributed by atoms with van der Waals surface area (Å²) in [7, 11) is 0. The van der Waals surface area contributed by atoms with E-state index in [1.54, 1.807) is 0 Å². The van der Waals surface area contributed by atoms with Crippen molar-refractivity contribution in [2.24, 2.45) is 17.6 Å². The van der Waals surface area contributed by atoms with Crippen molar-refractivity contribution in [3.8, 4) is 5.75 Å². The van der Waals surface area contributed by atoms with Gasteiger partial charge in [0.25, 0.3) is 0 Å². The zero-order chi connectivity index (χ0) is 14.9. The Labute approximate surface area is 127 Å². The molecule has 2 N–H and O–H groups in total. The summed E-state index contributed by atoms with van der Waals surface area (Å²) in [6, 6.07) is 5.80. The van der Waals surface area contributed by atoms with E-state index in [1.165, 1.54) is 0 Å². The normalized spacial score (nSPS) is 20.9. The number of hydrogen-bond donors (Lipinski definition) is 1. The second-order valence-electron chi connectivity index (χ2n) is 6.97. The van der Waals surface area contributed by atoms with E-state index in [9.17, 15) is 0 Å². The molecule has 0 bridgehead atoms. The van der Waals surface area contributed by atoms with Gasteiger partial charge in [0.05, 0.1) is 0 Å². The van der Waals surface area contributed by atoms with E-state index < -0.39 is 0 Å². The molecule has 0 saturated heterocycles. The molecule has 1 heterocycles. The van der Waals surface area contributed by atoms with Gasteiger partial charge >= 0.3 is 0 Å². The SMILES string of the molecule is CC(C)CC1(CC(C)C)C[C@@H](N)c2cc(Cl)ccc2O1. The fourth-order valence-corrected chi connectivity index (χ4v) is 3.69. The maximum absolute atomic E-state index is 6.43. The lowest BCUT2D eigenvalue weighted by molar-refractivity contribution is -0.00160. The molecule has 0 amide bonds. The monoisotopic (exact) mass is 295 g/mol. The Morgan fingerprint density at radius 3 is 2.40 bits per heavy atom. The molecule has 0 radical (unpaired) electrons. The van der Waals surface area contributed by atoms with Gasteiger partial charge in [-0.15, -0.1) is 0 Å². The number of rotatable bonds is 4. The quantitative estimate of drug-likeness (QED) is 0.852. The van der Waals surface area contributed by atoms with E-state index in [0.717, 1.165) is 35.6 Å². The Balaban J connectivity index is 2.34. The fourth-order valence-electron chi connectivity index (χ4n) is 3.51. The van der Waals surface area contributed by atoms with Crippen LogP contribution >= 0.6 is 11.6 Å². The molecule has 1 aromatic rings. The number of halogens is 1. The highest BCUT2D eigenvalue weighted by molar-refractivity contribution is 6.30. The molecule has 2 nitrogen and oxygen atoms in total.